The van der Waals surface area contributed by atoms with Crippen LogP contribution in [0.3, 0.4) is 0 Å². The summed E-state index contributed by atoms with van der Waals surface area (Å²) in [4.78, 5) is 13.9. The molecule has 0 atom stereocenters. The van der Waals surface area contributed by atoms with Gasteiger partial charge in [0, 0.05) is 20.0 Å². The molecule has 1 aromatic carbocycles. The Hall–Kier alpha value is -2.23. The van der Waals surface area contributed by atoms with Crippen molar-refractivity contribution in [3.8, 4) is 11.5 Å². The topological polar surface area (TPSA) is 38.8 Å². The van der Waals surface area contributed by atoms with Gasteiger partial charge >= 0.3 is 0 Å². The number of carbonyl (C=O) groups is 1. The second kappa shape index (κ2) is 11.3. The van der Waals surface area contributed by atoms with E-state index in [4.69, 9.17) is 9.47 Å². The molecule has 0 radical (unpaired) electrons. The molecule has 0 aliphatic heterocycles. The zero-order valence-corrected chi connectivity index (χ0v) is 14.9. The van der Waals surface area contributed by atoms with E-state index in [9.17, 15) is 4.79 Å². The smallest absolute Gasteiger partial charge is 0.222 e. The number of carbonyl (C=O) groups excluding carboxylic acids is 1. The fourth-order valence-electron chi connectivity index (χ4n) is 2.20. The van der Waals surface area contributed by atoms with Gasteiger partial charge in [-0.15, -0.1) is 0 Å². The van der Waals surface area contributed by atoms with Gasteiger partial charge in [0.1, 0.15) is 13.2 Å². The Morgan fingerprint density at radius 1 is 1.17 bits per heavy atom. The lowest BCUT2D eigenvalue weighted by atomic mass is 10.1. The van der Waals surface area contributed by atoms with Crippen LogP contribution in [0, 0.1) is 0 Å². The third kappa shape index (κ3) is 6.90. The highest BCUT2D eigenvalue weighted by Gasteiger charge is 2.10. The first-order valence-corrected chi connectivity index (χ1v) is 8.46. The van der Waals surface area contributed by atoms with Crippen LogP contribution in [0.15, 0.2) is 43.5 Å². The first kappa shape index (κ1) is 19.8. The first-order chi connectivity index (χ1) is 11.6. The number of unbranched alkanes of at least 4 members (excludes halogenated alkanes) is 1. The summed E-state index contributed by atoms with van der Waals surface area (Å²) in [5.74, 6) is 1.51. The van der Waals surface area contributed by atoms with E-state index in [0.29, 0.717) is 37.6 Å². The van der Waals surface area contributed by atoms with E-state index in [-0.39, 0.29) is 5.91 Å². The molecule has 0 aliphatic carbocycles. The number of aryl methyl sites for hydroxylation is 1. The average molecular weight is 331 g/mol. The Kier molecular flexibility index (Phi) is 9.35. The van der Waals surface area contributed by atoms with Crippen LogP contribution in [-0.4, -0.2) is 37.6 Å². The highest BCUT2D eigenvalue weighted by Crippen LogP contribution is 2.29. The van der Waals surface area contributed by atoms with Gasteiger partial charge in [-0.3, -0.25) is 4.79 Å². The minimum Gasteiger partial charge on any atom is -0.486 e. The highest BCUT2D eigenvalue weighted by atomic mass is 16.5. The fraction of sp³-hybridized carbons (Fsp3) is 0.450. The van der Waals surface area contributed by atoms with Gasteiger partial charge in [-0.2, -0.15) is 0 Å². The van der Waals surface area contributed by atoms with Gasteiger partial charge in [-0.05, 0) is 30.5 Å². The number of hydrogen-bond acceptors (Lipinski definition) is 3. The van der Waals surface area contributed by atoms with Crippen molar-refractivity contribution >= 4 is 5.91 Å². The molecule has 0 unspecified atom stereocenters. The molecule has 1 aromatic rings. The molecule has 24 heavy (non-hydrogen) atoms. The maximum absolute atomic E-state index is 12.1. The Labute approximate surface area is 145 Å². The molecule has 1 amide bonds. The van der Waals surface area contributed by atoms with Crippen LogP contribution in [0.5, 0.6) is 11.5 Å². The third-order valence-electron chi connectivity index (χ3n) is 3.62. The molecule has 0 fully saturated rings. The van der Waals surface area contributed by atoms with Crippen LogP contribution in [0.25, 0.3) is 0 Å². The Morgan fingerprint density at radius 2 is 1.83 bits per heavy atom. The van der Waals surface area contributed by atoms with Gasteiger partial charge < -0.3 is 14.4 Å². The number of benzene rings is 1. The molecule has 0 saturated heterocycles. The summed E-state index contributed by atoms with van der Waals surface area (Å²) in [6.45, 7) is 11.1. The van der Waals surface area contributed by atoms with Gasteiger partial charge in [0.05, 0.1) is 0 Å². The summed E-state index contributed by atoms with van der Waals surface area (Å²) < 4.78 is 11.3. The lowest BCUT2D eigenvalue weighted by Gasteiger charge is -2.17. The van der Waals surface area contributed by atoms with Crippen LogP contribution in [0.2, 0.25) is 0 Å². The second-order valence-electron chi connectivity index (χ2n) is 5.65. The molecular formula is C20H29NO3. The van der Waals surface area contributed by atoms with Gasteiger partial charge in [-0.1, -0.05) is 44.7 Å². The van der Waals surface area contributed by atoms with Crippen molar-refractivity contribution in [3.05, 3.63) is 49.1 Å². The quantitative estimate of drug-likeness (QED) is 0.543. The van der Waals surface area contributed by atoms with Crippen LogP contribution in [-0.2, 0) is 11.2 Å². The van der Waals surface area contributed by atoms with Crippen molar-refractivity contribution in [2.24, 2.45) is 0 Å². The molecule has 0 heterocycles. The molecule has 0 aliphatic rings. The van der Waals surface area contributed by atoms with E-state index in [1.165, 1.54) is 0 Å². The maximum atomic E-state index is 12.1. The molecule has 0 N–H and O–H groups in total. The van der Waals surface area contributed by atoms with Crippen LogP contribution < -0.4 is 9.47 Å². The monoisotopic (exact) mass is 331 g/mol. The molecule has 4 nitrogen and oxygen atoms in total. The predicted molar refractivity (Wildman–Crippen MR) is 98.7 cm³/mol. The first-order valence-electron chi connectivity index (χ1n) is 8.46. The highest BCUT2D eigenvalue weighted by molar-refractivity contribution is 5.76. The van der Waals surface area contributed by atoms with Crippen molar-refractivity contribution in [1.82, 2.24) is 4.90 Å². The summed E-state index contributed by atoms with van der Waals surface area (Å²) in [5, 5.41) is 0. The summed E-state index contributed by atoms with van der Waals surface area (Å²) in [6.07, 6.45) is 6.69. The number of ether oxygens (including phenoxy) is 2. The van der Waals surface area contributed by atoms with Crippen molar-refractivity contribution in [3.63, 3.8) is 0 Å². The minimum atomic E-state index is 0.170. The van der Waals surface area contributed by atoms with Gasteiger partial charge in [-0.25, -0.2) is 0 Å². The molecule has 4 heteroatoms. The summed E-state index contributed by atoms with van der Waals surface area (Å²) >= 11 is 0. The Morgan fingerprint density at radius 3 is 2.46 bits per heavy atom. The number of hydrogen-bond donors (Lipinski definition) is 0. The number of rotatable bonds is 12. The van der Waals surface area contributed by atoms with E-state index in [1.807, 2.05) is 25.2 Å². The van der Waals surface area contributed by atoms with Gasteiger partial charge in [0.25, 0.3) is 0 Å². The van der Waals surface area contributed by atoms with E-state index < -0.39 is 0 Å². The normalized spacial score (nSPS) is 10.1. The van der Waals surface area contributed by atoms with Crippen molar-refractivity contribution in [2.45, 2.75) is 32.6 Å². The summed E-state index contributed by atoms with van der Waals surface area (Å²) in [7, 11) is 1.86. The summed E-state index contributed by atoms with van der Waals surface area (Å²) in [6, 6.07) is 5.78. The van der Waals surface area contributed by atoms with Crippen LogP contribution >= 0.6 is 0 Å². The predicted octanol–water partition coefficient (Wildman–Crippen LogP) is 4.01. The molecule has 132 valence electrons. The molecule has 1 rings (SSSR count). The zero-order chi connectivity index (χ0) is 17.8. The fourth-order valence-corrected chi connectivity index (χ4v) is 2.20. The van der Waals surface area contributed by atoms with E-state index in [2.05, 4.69) is 20.1 Å². The van der Waals surface area contributed by atoms with E-state index >= 15 is 0 Å². The Balaban J connectivity index is 2.68. The zero-order valence-electron chi connectivity index (χ0n) is 14.9. The Bertz CT molecular complexity index is 540. The van der Waals surface area contributed by atoms with Crippen molar-refractivity contribution < 1.29 is 14.3 Å². The molecular weight excluding hydrogens is 302 g/mol. The standard InChI is InChI=1S/C20H29NO3/c1-5-8-13-21(4)20(22)12-10-17-9-11-18(23-14-6-2)19(16-17)24-15-7-3/h6-7,9,11,16H,2-3,5,8,10,12-15H2,1,4H3. The molecule has 0 bridgehead atoms. The summed E-state index contributed by atoms with van der Waals surface area (Å²) in [5.41, 5.74) is 1.05. The van der Waals surface area contributed by atoms with Crippen LogP contribution in [0.1, 0.15) is 31.7 Å². The lowest BCUT2D eigenvalue weighted by Crippen LogP contribution is -2.27. The van der Waals surface area contributed by atoms with E-state index in [1.54, 1.807) is 17.1 Å². The minimum absolute atomic E-state index is 0.170. The van der Waals surface area contributed by atoms with Crippen molar-refractivity contribution in [1.29, 1.82) is 0 Å². The number of amides is 1. The molecule has 0 aromatic heterocycles. The maximum Gasteiger partial charge on any atom is 0.222 e. The second-order valence-corrected chi connectivity index (χ2v) is 5.65. The van der Waals surface area contributed by atoms with Crippen molar-refractivity contribution in [2.75, 3.05) is 26.8 Å². The third-order valence-corrected chi connectivity index (χ3v) is 3.62. The van der Waals surface area contributed by atoms with Gasteiger partial charge in [0.15, 0.2) is 11.5 Å². The number of nitrogens with zero attached hydrogens (tertiary/aromatic N) is 1. The molecule has 0 spiro atoms. The van der Waals surface area contributed by atoms with Crippen LogP contribution in [0.4, 0.5) is 0 Å². The SMILES string of the molecule is C=CCOc1ccc(CCC(=O)N(C)CCCC)cc1OCC=C. The van der Waals surface area contributed by atoms with Gasteiger partial charge in [0.2, 0.25) is 5.91 Å². The molecule has 0 saturated carbocycles. The van der Waals surface area contributed by atoms with E-state index in [0.717, 1.165) is 24.9 Å². The average Bonchev–Trinajstić information content (AvgIpc) is 2.61. The lowest BCUT2D eigenvalue weighted by molar-refractivity contribution is -0.129. The largest absolute Gasteiger partial charge is 0.486 e.